The van der Waals surface area contributed by atoms with Crippen LogP contribution in [-0.2, 0) is 4.79 Å². The number of hydrogen-bond donors (Lipinski definition) is 3. The van der Waals surface area contributed by atoms with Gasteiger partial charge in [0.2, 0.25) is 0 Å². The molecule has 1 amide bonds. The maximum atomic E-state index is 11.7. The molecule has 0 saturated carbocycles. The molecule has 0 bridgehead atoms. The molecule has 0 saturated heterocycles. The van der Waals surface area contributed by atoms with Crippen LogP contribution in [0.4, 0.5) is 5.69 Å². The molecule has 0 fully saturated rings. The Hall–Kier alpha value is -2.08. The fourth-order valence-electron chi connectivity index (χ4n) is 1.63. The first-order valence-corrected chi connectivity index (χ1v) is 7.76. The van der Waals surface area contributed by atoms with Crippen LogP contribution in [0.5, 0.6) is 0 Å². The molecule has 4 nitrogen and oxygen atoms in total. The summed E-state index contributed by atoms with van der Waals surface area (Å²) in [4.78, 5) is 11.7. The van der Waals surface area contributed by atoms with E-state index in [-0.39, 0.29) is 11.0 Å². The monoisotopic (exact) mass is 365 g/mol. The second-order valence-corrected chi connectivity index (χ2v) is 5.68. The molecule has 2 aromatic carbocycles. The molecule has 118 valence electrons. The Kier molecular flexibility index (Phi) is 6.40. The highest BCUT2D eigenvalue weighted by Gasteiger charge is 2.00. The molecule has 0 aliphatic carbocycles. The van der Waals surface area contributed by atoms with Crippen molar-refractivity contribution >= 4 is 58.2 Å². The third-order valence-electron chi connectivity index (χ3n) is 2.72. The lowest BCUT2D eigenvalue weighted by atomic mass is 10.2. The SMILES string of the molecule is O=C(/C=C/c1ccccc1Cl)NNC(=S)Nc1ccc(Cl)cc1. The van der Waals surface area contributed by atoms with E-state index in [1.54, 1.807) is 36.4 Å². The molecule has 23 heavy (non-hydrogen) atoms. The van der Waals surface area contributed by atoms with Gasteiger partial charge in [0.1, 0.15) is 0 Å². The van der Waals surface area contributed by atoms with Crippen molar-refractivity contribution in [2.45, 2.75) is 0 Å². The topological polar surface area (TPSA) is 53.2 Å². The first-order valence-electron chi connectivity index (χ1n) is 6.60. The van der Waals surface area contributed by atoms with Crippen molar-refractivity contribution in [2.75, 3.05) is 5.32 Å². The van der Waals surface area contributed by atoms with E-state index in [9.17, 15) is 4.79 Å². The number of amides is 1. The second kappa shape index (κ2) is 8.53. The van der Waals surface area contributed by atoms with Crippen LogP contribution in [-0.4, -0.2) is 11.0 Å². The van der Waals surface area contributed by atoms with Gasteiger partial charge in [-0.05, 0) is 54.2 Å². The summed E-state index contributed by atoms with van der Waals surface area (Å²) in [5.41, 5.74) is 6.57. The minimum atomic E-state index is -0.356. The highest BCUT2D eigenvalue weighted by Crippen LogP contribution is 2.16. The number of hydrogen-bond acceptors (Lipinski definition) is 2. The Bertz CT molecular complexity index is 732. The predicted octanol–water partition coefficient (Wildman–Crippen LogP) is 4.02. The normalized spacial score (nSPS) is 10.3. The first kappa shape index (κ1) is 17.3. The van der Waals surface area contributed by atoms with E-state index in [4.69, 9.17) is 35.4 Å². The van der Waals surface area contributed by atoms with Crippen LogP contribution in [0.15, 0.2) is 54.6 Å². The lowest BCUT2D eigenvalue weighted by molar-refractivity contribution is -0.116. The summed E-state index contributed by atoms with van der Waals surface area (Å²) in [7, 11) is 0. The van der Waals surface area contributed by atoms with Gasteiger partial charge in [-0.3, -0.25) is 15.6 Å². The van der Waals surface area contributed by atoms with Crippen LogP contribution in [0.25, 0.3) is 6.08 Å². The highest BCUT2D eigenvalue weighted by atomic mass is 35.5. The van der Waals surface area contributed by atoms with E-state index in [1.807, 2.05) is 18.2 Å². The number of anilines is 1. The van der Waals surface area contributed by atoms with Crippen molar-refractivity contribution in [1.29, 1.82) is 0 Å². The van der Waals surface area contributed by atoms with Gasteiger partial charge < -0.3 is 5.32 Å². The number of hydrazine groups is 1. The average Bonchev–Trinajstić information content (AvgIpc) is 2.54. The molecule has 0 aliphatic heterocycles. The number of nitrogens with one attached hydrogen (secondary N) is 3. The van der Waals surface area contributed by atoms with Gasteiger partial charge in [-0.15, -0.1) is 0 Å². The Morgan fingerprint density at radius 2 is 1.70 bits per heavy atom. The van der Waals surface area contributed by atoms with Crippen LogP contribution < -0.4 is 16.2 Å². The van der Waals surface area contributed by atoms with Crippen LogP contribution in [0.2, 0.25) is 10.0 Å². The molecule has 3 N–H and O–H groups in total. The van der Waals surface area contributed by atoms with Crippen LogP contribution in [0.1, 0.15) is 5.56 Å². The number of halogens is 2. The molecule has 0 spiro atoms. The lowest BCUT2D eigenvalue weighted by Crippen LogP contribution is -2.43. The van der Waals surface area contributed by atoms with Crippen LogP contribution >= 0.6 is 35.4 Å². The summed E-state index contributed by atoms with van der Waals surface area (Å²) >= 11 is 16.9. The van der Waals surface area contributed by atoms with Gasteiger partial charge in [0, 0.05) is 21.8 Å². The number of carbonyl (C=O) groups is 1. The lowest BCUT2D eigenvalue weighted by Gasteiger charge is -2.10. The minimum absolute atomic E-state index is 0.256. The Balaban J connectivity index is 1.81. The third kappa shape index (κ3) is 5.90. The Morgan fingerprint density at radius 1 is 1.00 bits per heavy atom. The summed E-state index contributed by atoms with van der Waals surface area (Å²) in [6, 6.07) is 14.2. The summed E-state index contributed by atoms with van der Waals surface area (Å²) in [6.45, 7) is 0. The van der Waals surface area contributed by atoms with Gasteiger partial charge in [0.15, 0.2) is 5.11 Å². The zero-order valence-electron chi connectivity index (χ0n) is 11.8. The van der Waals surface area contributed by atoms with Crippen molar-refractivity contribution in [2.24, 2.45) is 0 Å². The van der Waals surface area contributed by atoms with E-state index in [2.05, 4.69) is 16.2 Å². The van der Waals surface area contributed by atoms with Gasteiger partial charge in [-0.1, -0.05) is 41.4 Å². The zero-order chi connectivity index (χ0) is 16.7. The predicted molar refractivity (Wildman–Crippen MR) is 99.4 cm³/mol. The largest absolute Gasteiger partial charge is 0.331 e. The van der Waals surface area contributed by atoms with Crippen molar-refractivity contribution in [1.82, 2.24) is 10.9 Å². The van der Waals surface area contributed by atoms with Gasteiger partial charge in [0.05, 0.1) is 0 Å². The number of thiocarbonyl (C=S) groups is 1. The number of benzene rings is 2. The van der Waals surface area contributed by atoms with Gasteiger partial charge >= 0.3 is 0 Å². The van der Waals surface area contributed by atoms with Crippen LogP contribution in [0, 0.1) is 0 Å². The fraction of sp³-hybridized carbons (Fsp3) is 0. The minimum Gasteiger partial charge on any atom is -0.331 e. The summed E-state index contributed by atoms with van der Waals surface area (Å²) < 4.78 is 0. The molecule has 7 heteroatoms. The third-order valence-corrected chi connectivity index (χ3v) is 3.52. The van der Waals surface area contributed by atoms with E-state index in [0.717, 1.165) is 11.3 Å². The molecule has 0 aliphatic rings. The highest BCUT2D eigenvalue weighted by molar-refractivity contribution is 7.80. The Labute approximate surface area is 149 Å². The molecular formula is C16H13Cl2N3OS. The van der Waals surface area contributed by atoms with E-state index < -0.39 is 0 Å². The maximum absolute atomic E-state index is 11.7. The molecule has 0 heterocycles. The molecule has 0 unspecified atom stereocenters. The first-order chi connectivity index (χ1) is 11.0. The smallest absolute Gasteiger partial charge is 0.262 e. The van der Waals surface area contributed by atoms with Gasteiger partial charge in [-0.2, -0.15) is 0 Å². The molecule has 2 rings (SSSR count). The second-order valence-electron chi connectivity index (χ2n) is 4.43. The Morgan fingerprint density at radius 3 is 2.39 bits per heavy atom. The average molecular weight is 366 g/mol. The van der Waals surface area contributed by atoms with Crippen molar-refractivity contribution in [3.63, 3.8) is 0 Å². The number of rotatable bonds is 3. The molecule has 0 aromatic heterocycles. The van der Waals surface area contributed by atoms with E-state index in [1.165, 1.54) is 6.08 Å². The summed E-state index contributed by atoms with van der Waals surface area (Å²) in [6.07, 6.45) is 2.98. The molecule has 0 atom stereocenters. The molecular weight excluding hydrogens is 353 g/mol. The van der Waals surface area contributed by atoms with Crippen LogP contribution in [0.3, 0.4) is 0 Å². The van der Waals surface area contributed by atoms with Gasteiger partial charge in [-0.25, -0.2) is 0 Å². The molecule has 0 radical (unpaired) electrons. The zero-order valence-corrected chi connectivity index (χ0v) is 14.2. The number of carbonyl (C=O) groups excluding carboxylic acids is 1. The fourth-order valence-corrected chi connectivity index (χ4v) is 2.12. The van der Waals surface area contributed by atoms with Gasteiger partial charge in [0.25, 0.3) is 5.91 Å². The molecule has 2 aromatic rings. The van der Waals surface area contributed by atoms with Crippen molar-refractivity contribution in [3.05, 3.63) is 70.2 Å². The van der Waals surface area contributed by atoms with Crippen molar-refractivity contribution < 1.29 is 4.79 Å². The van der Waals surface area contributed by atoms with E-state index >= 15 is 0 Å². The van der Waals surface area contributed by atoms with E-state index in [0.29, 0.717) is 10.0 Å². The summed E-state index contributed by atoms with van der Waals surface area (Å²) in [5.74, 6) is -0.356. The quantitative estimate of drug-likeness (QED) is 0.436. The van der Waals surface area contributed by atoms with Crippen molar-refractivity contribution in [3.8, 4) is 0 Å². The maximum Gasteiger partial charge on any atom is 0.262 e. The standard InChI is InChI=1S/C16H13Cl2N3OS/c17-12-6-8-13(9-7-12)19-16(23)21-20-15(22)10-5-11-3-1-2-4-14(11)18/h1-10H,(H,20,22)(H2,19,21,23)/b10-5+. The summed E-state index contributed by atoms with van der Waals surface area (Å²) in [5, 5.41) is 4.37.